The van der Waals surface area contributed by atoms with Gasteiger partial charge in [0.15, 0.2) is 23.0 Å². The molecule has 0 amide bonds. The smallest absolute Gasteiger partial charge is 0.201 e. The van der Waals surface area contributed by atoms with Crippen molar-refractivity contribution in [2.45, 2.75) is 26.2 Å². The number of phenols is 3. The first-order valence-electron chi connectivity index (χ1n) is 9.36. The van der Waals surface area contributed by atoms with E-state index in [0.29, 0.717) is 5.65 Å². The zero-order valence-electron chi connectivity index (χ0n) is 17.4. The Morgan fingerprint density at radius 2 is 1.73 bits per heavy atom. The zero-order chi connectivity index (χ0) is 21.8. The van der Waals surface area contributed by atoms with E-state index in [4.69, 9.17) is 5.10 Å². The highest BCUT2D eigenvalue weighted by Crippen LogP contribution is 2.41. The van der Waals surface area contributed by atoms with Gasteiger partial charge in [0.2, 0.25) is 5.75 Å². The molecule has 4 rings (SSSR count). The van der Waals surface area contributed by atoms with Gasteiger partial charge in [-0.2, -0.15) is 9.61 Å². The molecule has 0 aliphatic carbocycles. The molecule has 1 aromatic carbocycles. The second-order valence-electron chi connectivity index (χ2n) is 8.32. The molecule has 3 aromatic heterocycles. The number of phenolic OH excluding ortho intramolecular Hbond substituents is 3. The molecule has 3 heterocycles. The third kappa shape index (κ3) is 3.21. The Morgan fingerprint density at radius 3 is 2.37 bits per heavy atom. The van der Waals surface area contributed by atoms with E-state index in [1.807, 2.05) is 20.2 Å². The van der Waals surface area contributed by atoms with Gasteiger partial charge in [0.05, 0.1) is 16.3 Å². The van der Waals surface area contributed by atoms with Crippen molar-refractivity contribution in [3.63, 3.8) is 0 Å². The topological polar surface area (TPSA) is 107 Å². The Kier molecular flexibility index (Phi) is 4.58. The van der Waals surface area contributed by atoms with Crippen LogP contribution in [0.15, 0.2) is 24.3 Å². The summed E-state index contributed by atoms with van der Waals surface area (Å²) in [7, 11) is 4.01. The summed E-state index contributed by atoms with van der Waals surface area (Å²) < 4.78 is 1.57. The summed E-state index contributed by atoms with van der Waals surface area (Å²) in [6, 6.07) is 6.88. The molecule has 4 aromatic rings. The van der Waals surface area contributed by atoms with Crippen molar-refractivity contribution in [3.8, 4) is 28.6 Å². The molecule has 8 nitrogen and oxygen atoms in total. The number of thiophene rings is 1. The fourth-order valence-corrected chi connectivity index (χ4v) is 4.08. The lowest BCUT2D eigenvalue weighted by molar-refractivity contribution is 0.368. The van der Waals surface area contributed by atoms with E-state index < -0.39 is 17.2 Å². The zero-order valence-corrected chi connectivity index (χ0v) is 18.2. The van der Waals surface area contributed by atoms with Crippen LogP contribution in [0.25, 0.3) is 23.1 Å². The van der Waals surface area contributed by atoms with E-state index >= 15 is 0 Å². The summed E-state index contributed by atoms with van der Waals surface area (Å²) in [6.45, 7) is 6.22. The van der Waals surface area contributed by atoms with E-state index in [1.165, 1.54) is 12.1 Å². The maximum atomic E-state index is 10.3. The van der Waals surface area contributed by atoms with Crippen LogP contribution < -0.4 is 10.1 Å². The first-order valence-corrected chi connectivity index (χ1v) is 10.2. The SMILES string of the molecule is CN(C)c1ccc(/C=c2/c(C(C)(C)C)nn3c(-c4ccc(O)c(O)c4O)nnc23)s1. The van der Waals surface area contributed by atoms with Crippen molar-refractivity contribution in [2.75, 3.05) is 19.0 Å². The molecular weight excluding hydrogens is 402 g/mol. The monoisotopic (exact) mass is 425 g/mol. The average Bonchev–Trinajstić information content (AvgIpc) is 3.36. The van der Waals surface area contributed by atoms with Gasteiger partial charge in [0.25, 0.3) is 0 Å². The Balaban J connectivity index is 1.97. The average molecular weight is 426 g/mol. The minimum Gasteiger partial charge on any atom is -0.504 e. The van der Waals surface area contributed by atoms with Gasteiger partial charge in [0.1, 0.15) is 0 Å². The molecule has 0 saturated heterocycles. The molecule has 0 aliphatic rings. The van der Waals surface area contributed by atoms with Crippen LogP contribution in [0.2, 0.25) is 0 Å². The number of rotatable bonds is 3. The molecule has 156 valence electrons. The fourth-order valence-electron chi connectivity index (χ4n) is 3.21. The van der Waals surface area contributed by atoms with Gasteiger partial charge < -0.3 is 20.2 Å². The van der Waals surface area contributed by atoms with Crippen LogP contribution in [0.5, 0.6) is 17.2 Å². The normalized spacial score (nSPS) is 12.8. The molecule has 0 aliphatic heterocycles. The number of fused-ring (bicyclic) bond motifs is 1. The maximum Gasteiger partial charge on any atom is 0.201 e. The second-order valence-corrected chi connectivity index (χ2v) is 9.41. The minimum atomic E-state index is -0.603. The standard InChI is InChI=1S/C21H23N5O3S/c1-21(2,3)18-13(10-11-6-9-15(30-11)25(4)5)20-23-22-19(26(20)24-18)12-7-8-14(27)17(29)16(12)28/h6-10,27-29H,1-5H3/b13-10-. The molecule has 3 N–H and O–H groups in total. The Bertz CT molecular complexity index is 1300. The van der Waals surface area contributed by atoms with Gasteiger partial charge in [-0.05, 0) is 30.3 Å². The van der Waals surface area contributed by atoms with Crippen molar-refractivity contribution in [2.24, 2.45) is 0 Å². The van der Waals surface area contributed by atoms with Crippen molar-refractivity contribution in [1.82, 2.24) is 19.8 Å². The Morgan fingerprint density at radius 1 is 1.00 bits per heavy atom. The van der Waals surface area contributed by atoms with Gasteiger partial charge in [-0.3, -0.25) is 0 Å². The quantitative estimate of drug-likeness (QED) is 0.433. The van der Waals surface area contributed by atoms with E-state index in [0.717, 1.165) is 20.8 Å². The summed E-state index contributed by atoms with van der Waals surface area (Å²) in [5, 5.41) is 45.1. The van der Waals surface area contributed by atoms with Gasteiger partial charge in [-0.25, -0.2) is 0 Å². The molecule has 0 atom stereocenters. The summed E-state index contributed by atoms with van der Waals surface area (Å²) in [5.41, 5.74) is 1.37. The third-order valence-electron chi connectivity index (χ3n) is 4.76. The molecule has 30 heavy (non-hydrogen) atoms. The second kappa shape index (κ2) is 6.88. The molecule has 0 spiro atoms. The van der Waals surface area contributed by atoms with Crippen molar-refractivity contribution < 1.29 is 15.3 Å². The number of aromatic hydroxyl groups is 3. The van der Waals surface area contributed by atoms with E-state index in [2.05, 4.69) is 48.0 Å². The molecule has 0 radical (unpaired) electrons. The molecule has 0 fully saturated rings. The lowest BCUT2D eigenvalue weighted by Crippen LogP contribution is -2.22. The highest BCUT2D eigenvalue weighted by molar-refractivity contribution is 7.16. The highest BCUT2D eigenvalue weighted by atomic mass is 32.1. The van der Waals surface area contributed by atoms with Crippen LogP contribution in [0.1, 0.15) is 31.3 Å². The van der Waals surface area contributed by atoms with Gasteiger partial charge in [-0.1, -0.05) is 20.8 Å². The van der Waals surface area contributed by atoms with Crippen LogP contribution in [-0.2, 0) is 5.41 Å². The van der Waals surface area contributed by atoms with Gasteiger partial charge in [-0.15, -0.1) is 21.5 Å². The van der Waals surface area contributed by atoms with Crippen LogP contribution in [0, 0.1) is 0 Å². The van der Waals surface area contributed by atoms with Crippen LogP contribution >= 0.6 is 11.3 Å². The van der Waals surface area contributed by atoms with Crippen LogP contribution in [-0.4, -0.2) is 49.2 Å². The molecule has 9 heteroatoms. The molecule has 0 bridgehead atoms. The first kappa shape index (κ1) is 20.0. The number of nitrogens with zero attached hydrogens (tertiary/aromatic N) is 5. The van der Waals surface area contributed by atoms with Crippen LogP contribution in [0.3, 0.4) is 0 Å². The van der Waals surface area contributed by atoms with Crippen molar-refractivity contribution >= 4 is 28.1 Å². The summed E-state index contributed by atoms with van der Waals surface area (Å²) >= 11 is 1.66. The Labute approximate surface area is 177 Å². The number of hydrogen-bond acceptors (Lipinski definition) is 8. The number of benzene rings is 1. The maximum absolute atomic E-state index is 10.3. The van der Waals surface area contributed by atoms with Crippen molar-refractivity contribution in [1.29, 1.82) is 0 Å². The van der Waals surface area contributed by atoms with Crippen LogP contribution in [0.4, 0.5) is 5.00 Å². The highest BCUT2D eigenvalue weighted by Gasteiger charge is 2.25. The summed E-state index contributed by atoms with van der Waals surface area (Å²) in [6.07, 6.45) is 2.05. The number of anilines is 1. The predicted octanol–water partition coefficient (Wildman–Crippen LogP) is 2.88. The van der Waals surface area contributed by atoms with Gasteiger partial charge in [0, 0.05) is 29.6 Å². The molecule has 0 saturated carbocycles. The third-order valence-corrected chi connectivity index (χ3v) is 5.96. The van der Waals surface area contributed by atoms with E-state index in [1.54, 1.807) is 15.9 Å². The van der Waals surface area contributed by atoms with E-state index in [-0.39, 0.29) is 16.8 Å². The molecular formula is C21H23N5O3S. The minimum absolute atomic E-state index is 0.230. The predicted molar refractivity (Wildman–Crippen MR) is 117 cm³/mol. The number of aromatic nitrogens is 4. The largest absolute Gasteiger partial charge is 0.504 e. The summed E-state index contributed by atoms with van der Waals surface area (Å²) in [5.74, 6) is -1.20. The van der Waals surface area contributed by atoms with E-state index in [9.17, 15) is 15.3 Å². The van der Waals surface area contributed by atoms with Crippen molar-refractivity contribution in [3.05, 3.63) is 40.1 Å². The molecule has 0 unspecified atom stereocenters. The fraction of sp³-hybridized carbons (Fsp3) is 0.286. The Hall–Kier alpha value is -3.33. The van der Waals surface area contributed by atoms with Gasteiger partial charge >= 0.3 is 0 Å². The lowest BCUT2D eigenvalue weighted by Gasteiger charge is -2.14. The summed E-state index contributed by atoms with van der Waals surface area (Å²) in [4.78, 5) is 3.12. The first-order chi connectivity index (χ1) is 14.1. The lowest BCUT2D eigenvalue weighted by atomic mass is 9.91. The number of hydrogen-bond donors (Lipinski definition) is 3.